The lowest BCUT2D eigenvalue weighted by Crippen LogP contribution is -2.51. The maximum atomic E-state index is 12.8. The Morgan fingerprint density at radius 2 is 1.82 bits per heavy atom. The number of likely N-dealkylation sites (tertiary alicyclic amines) is 1. The second-order valence-electron chi connectivity index (χ2n) is 6.96. The Hall–Kier alpha value is -1.85. The predicted molar refractivity (Wildman–Crippen MR) is 93.8 cm³/mol. The van der Waals surface area contributed by atoms with Crippen LogP contribution in [0.15, 0.2) is 29.2 Å². The number of nitrogens with two attached hydrogens (primary N) is 1. The molecule has 0 spiro atoms. The third-order valence-electron chi connectivity index (χ3n) is 5.19. The summed E-state index contributed by atoms with van der Waals surface area (Å²) in [5.74, 6) is -0.946. The molecule has 1 amide bonds. The molecule has 7 nitrogen and oxygen atoms in total. The normalized spacial score (nSPS) is 23.0. The zero-order valence-corrected chi connectivity index (χ0v) is 15.9. The van der Waals surface area contributed by atoms with E-state index in [-0.39, 0.29) is 36.0 Å². The van der Waals surface area contributed by atoms with E-state index in [1.54, 1.807) is 0 Å². The van der Waals surface area contributed by atoms with Crippen LogP contribution >= 0.6 is 0 Å². The quantitative estimate of drug-likeness (QED) is 0.781. The molecule has 28 heavy (non-hydrogen) atoms. The van der Waals surface area contributed by atoms with E-state index in [0.717, 1.165) is 25.1 Å². The Morgan fingerprint density at radius 3 is 2.43 bits per heavy atom. The summed E-state index contributed by atoms with van der Waals surface area (Å²) in [6.45, 7) is 1.19. The number of ether oxygens (including phenoxy) is 1. The molecule has 2 fully saturated rings. The van der Waals surface area contributed by atoms with Crippen molar-refractivity contribution in [3.8, 4) is 5.75 Å². The highest BCUT2D eigenvalue weighted by molar-refractivity contribution is 7.89. The third kappa shape index (κ3) is 4.58. The molecule has 2 aliphatic heterocycles. The molecule has 11 heteroatoms. The second kappa shape index (κ2) is 7.88. The molecule has 2 saturated heterocycles. The average molecular weight is 421 g/mol. The van der Waals surface area contributed by atoms with Gasteiger partial charge in [-0.1, -0.05) is 6.07 Å². The maximum absolute atomic E-state index is 12.8. The summed E-state index contributed by atoms with van der Waals surface area (Å²) in [4.78, 5) is 13.4. The molecule has 0 saturated carbocycles. The Bertz CT molecular complexity index is 823. The Balaban J connectivity index is 1.68. The largest absolute Gasteiger partial charge is 0.573 e. The highest BCUT2D eigenvalue weighted by Crippen LogP contribution is 2.30. The van der Waals surface area contributed by atoms with E-state index in [2.05, 4.69) is 4.74 Å². The number of nitrogens with zero attached hydrogens (tertiary/aromatic N) is 2. The van der Waals surface area contributed by atoms with Crippen molar-refractivity contribution in [1.29, 1.82) is 0 Å². The van der Waals surface area contributed by atoms with Gasteiger partial charge in [0.15, 0.2) is 0 Å². The van der Waals surface area contributed by atoms with Gasteiger partial charge in [-0.15, -0.1) is 13.2 Å². The monoisotopic (exact) mass is 421 g/mol. The minimum atomic E-state index is -4.90. The van der Waals surface area contributed by atoms with E-state index in [1.165, 1.54) is 16.4 Å². The van der Waals surface area contributed by atoms with Crippen LogP contribution in [0, 0.1) is 0 Å². The van der Waals surface area contributed by atoms with Crippen LogP contribution in [0.2, 0.25) is 0 Å². The topological polar surface area (TPSA) is 92.9 Å². The lowest BCUT2D eigenvalue weighted by molar-refractivity contribution is -0.274. The number of rotatable bonds is 5. The fourth-order valence-corrected chi connectivity index (χ4v) is 5.43. The first-order valence-corrected chi connectivity index (χ1v) is 10.4. The molecule has 3 rings (SSSR count). The summed E-state index contributed by atoms with van der Waals surface area (Å²) in [5.41, 5.74) is 5.45. The van der Waals surface area contributed by atoms with Gasteiger partial charge in [0.1, 0.15) is 5.75 Å². The van der Waals surface area contributed by atoms with Crippen molar-refractivity contribution in [3.05, 3.63) is 24.3 Å². The lowest BCUT2D eigenvalue weighted by atomic mass is 10.0. The third-order valence-corrected chi connectivity index (χ3v) is 7.09. The van der Waals surface area contributed by atoms with Crippen molar-refractivity contribution < 1.29 is 31.1 Å². The molecule has 1 unspecified atom stereocenters. The van der Waals surface area contributed by atoms with Crippen molar-refractivity contribution in [1.82, 2.24) is 9.21 Å². The summed E-state index contributed by atoms with van der Waals surface area (Å²) in [6.07, 6.45) is -2.26. The summed E-state index contributed by atoms with van der Waals surface area (Å²) < 4.78 is 67.8. The van der Waals surface area contributed by atoms with Gasteiger partial charge in [-0.05, 0) is 44.4 Å². The molecule has 0 aromatic heterocycles. The number of hydrogen-bond donors (Lipinski definition) is 1. The van der Waals surface area contributed by atoms with E-state index in [9.17, 15) is 26.4 Å². The van der Waals surface area contributed by atoms with Crippen LogP contribution < -0.4 is 10.5 Å². The van der Waals surface area contributed by atoms with Crippen LogP contribution in [0.5, 0.6) is 5.75 Å². The minimum absolute atomic E-state index is 0.0614. The number of sulfonamides is 1. The smallest absolute Gasteiger partial charge is 0.406 e. The van der Waals surface area contributed by atoms with E-state index in [1.807, 2.05) is 4.90 Å². The number of hydrogen-bond acceptors (Lipinski definition) is 5. The maximum Gasteiger partial charge on any atom is 0.573 e. The molecule has 0 radical (unpaired) electrons. The molecule has 1 aromatic rings. The van der Waals surface area contributed by atoms with Crippen molar-refractivity contribution in [2.45, 2.75) is 49.0 Å². The molecule has 156 valence electrons. The van der Waals surface area contributed by atoms with Crippen molar-refractivity contribution in [2.75, 3.05) is 19.6 Å². The minimum Gasteiger partial charge on any atom is -0.406 e. The van der Waals surface area contributed by atoms with Gasteiger partial charge in [0.25, 0.3) is 0 Å². The number of alkyl halides is 3. The first-order valence-electron chi connectivity index (χ1n) is 8.99. The zero-order chi connectivity index (χ0) is 20.5. The van der Waals surface area contributed by atoms with Gasteiger partial charge in [0.05, 0.1) is 10.9 Å². The molecule has 1 aromatic carbocycles. The second-order valence-corrected chi connectivity index (χ2v) is 8.89. The van der Waals surface area contributed by atoms with Gasteiger partial charge in [0, 0.05) is 25.2 Å². The van der Waals surface area contributed by atoms with Crippen LogP contribution in [0.4, 0.5) is 13.2 Å². The number of primary amides is 1. The van der Waals surface area contributed by atoms with Crippen LogP contribution in [0.25, 0.3) is 0 Å². The number of amides is 1. The van der Waals surface area contributed by atoms with Crippen LogP contribution in [0.3, 0.4) is 0 Å². The Morgan fingerprint density at radius 1 is 1.14 bits per heavy atom. The van der Waals surface area contributed by atoms with Gasteiger partial charge in [-0.3, -0.25) is 9.69 Å². The van der Waals surface area contributed by atoms with Crippen LogP contribution in [0.1, 0.15) is 25.7 Å². The number of carbonyl (C=O) groups is 1. The Kier molecular flexibility index (Phi) is 5.87. The Labute approximate surface area is 161 Å². The van der Waals surface area contributed by atoms with Gasteiger partial charge >= 0.3 is 6.36 Å². The molecule has 2 heterocycles. The fourth-order valence-electron chi connectivity index (χ4n) is 3.93. The zero-order valence-electron chi connectivity index (χ0n) is 15.1. The first-order chi connectivity index (χ1) is 13.1. The van der Waals surface area contributed by atoms with E-state index in [0.29, 0.717) is 19.3 Å². The standard InChI is InChI=1S/C17H22F3N3O4S/c18-17(19,20)27-13-3-1-4-14(11-13)28(25,26)22-9-6-12(7-10-22)23-8-2-5-15(23)16(21)24/h1,3-4,11-12,15H,2,5-10H2,(H2,21,24). The molecule has 2 aliphatic rings. The number of halogens is 3. The SMILES string of the molecule is NC(=O)C1CCCN1C1CCN(S(=O)(=O)c2cccc(OC(F)(F)F)c2)CC1. The van der Waals surface area contributed by atoms with E-state index < -0.39 is 22.1 Å². The van der Waals surface area contributed by atoms with Crippen molar-refractivity contribution in [2.24, 2.45) is 5.73 Å². The first kappa shape index (κ1) is 20.9. The van der Waals surface area contributed by atoms with Crippen LogP contribution in [-0.4, -0.2) is 61.6 Å². The molecule has 0 bridgehead atoms. The molecule has 2 N–H and O–H groups in total. The van der Waals surface area contributed by atoms with Gasteiger partial charge in [-0.2, -0.15) is 4.31 Å². The summed E-state index contributed by atoms with van der Waals surface area (Å²) >= 11 is 0. The fraction of sp³-hybridized carbons (Fsp3) is 0.588. The predicted octanol–water partition coefficient (Wildman–Crippen LogP) is 1.69. The van der Waals surface area contributed by atoms with E-state index >= 15 is 0 Å². The van der Waals surface area contributed by atoms with Gasteiger partial charge in [-0.25, -0.2) is 8.42 Å². The highest BCUT2D eigenvalue weighted by Gasteiger charge is 2.38. The van der Waals surface area contributed by atoms with Crippen LogP contribution in [-0.2, 0) is 14.8 Å². The van der Waals surface area contributed by atoms with Gasteiger partial charge in [0.2, 0.25) is 15.9 Å². The number of benzene rings is 1. The summed E-state index contributed by atoms with van der Waals surface area (Å²) in [7, 11) is -3.94. The molecule has 1 atom stereocenters. The lowest BCUT2D eigenvalue weighted by Gasteiger charge is -2.38. The van der Waals surface area contributed by atoms with Crippen molar-refractivity contribution in [3.63, 3.8) is 0 Å². The average Bonchev–Trinajstić information content (AvgIpc) is 3.11. The number of piperidine rings is 1. The summed E-state index contributed by atoms with van der Waals surface area (Å²) in [5, 5.41) is 0. The van der Waals surface area contributed by atoms with Crippen molar-refractivity contribution >= 4 is 15.9 Å². The molecular weight excluding hydrogens is 399 g/mol. The summed E-state index contributed by atoms with van der Waals surface area (Å²) in [6, 6.07) is 4.13. The highest BCUT2D eigenvalue weighted by atomic mass is 32.2. The number of carbonyl (C=O) groups excluding carboxylic acids is 1. The molecule has 0 aliphatic carbocycles. The molecular formula is C17H22F3N3O4S. The van der Waals surface area contributed by atoms with E-state index in [4.69, 9.17) is 5.73 Å². The van der Waals surface area contributed by atoms with Gasteiger partial charge < -0.3 is 10.5 Å².